The largest absolute Gasteiger partial charge is 0.496 e. The van der Waals surface area contributed by atoms with Crippen molar-refractivity contribution >= 4 is 11.9 Å². The molecule has 2 N–H and O–H groups in total. The van der Waals surface area contributed by atoms with E-state index in [0.717, 1.165) is 48.8 Å². The number of aliphatic imine (C=N–C) groups is 1. The fraction of sp³-hybridized carbons (Fsp3) is 0.579. The summed E-state index contributed by atoms with van der Waals surface area (Å²) in [6.07, 6.45) is 2.67. The third-order valence-electron chi connectivity index (χ3n) is 4.80. The van der Waals surface area contributed by atoms with Crippen molar-refractivity contribution in [2.75, 3.05) is 34.3 Å². The second-order valence-corrected chi connectivity index (χ2v) is 6.51. The molecular weight excluding hydrogens is 316 g/mol. The van der Waals surface area contributed by atoms with Crippen LogP contribution in [-0.4, -0.2) is 51.1 Å². The summed E-state index contributed by atoms with van der Waals surface area (Å²) in [6, 6.07) is 6.24. The fourth-order valence-electron chi connectivity index (χ4n) is 3.20. The van der Waals surface area contributed by atoms with Gasteiger partial charge in [-0.3, -0.25) is 9.79 Å². The van der Waals surface area contributed by atoms with E-state index in [9.17, 15) is 4.79 Å². The van der Waals surface area contributed by atoms with Gasteiger partial charge in [-0.15, -0.1) is 0 Å². The number of hydrogen-bond donors (Lipinski definition) is 2. The molecule has 1 amide bonds. The minimum Gasteiger partial charge on any atom is -0.496 e. The normalized spacial score (nSPS) is 15.8. The second kappa shape index (κ2) is 9.30. The van der Waals surface area contributed by atoms with Crippen molar-refractivity contribution in [3.05, 3.63) is 29.3 Å². The second-order valence-electron chi connectivity index (χ2n) is 6.51. The average Bonchev–Trinajstić information content (AvgIpc) is 2.64. The molecule has 6 nitrogen and oxygen atoms in total. The molecule has 2 rings (SSSR count). The Kier molecular flexibility index (Phi) is 7.10. The first-order valence-corrected chi connectivity index (χ1v) is 8.87. The van der Waals surface area contributed by atoms with Crippen LogP contribution in [0.15, 0.2) is 23.2 Å². The molecule has 1 aromatic carbocycles. The number of carbonyl (C=O) groups is 1. The monoisotopic (exact) mass is 346 g/mol. The van der Waals surface area contributed by atoms with E-state index in [1.54, 1.807) is 14.2 Å². The summed E-state index contributed by atoms with van der Waals surface area (Å²) < 4.78 is 5.39. The highest BCUT2D eigenvalue weighted by molar-refractivity contribution is 5.80. The lowest BCUT2D eigenvalue weighted by atomic mass is 9.93. The minimum absolute atomic E-state index is 0.134. The molecule has 1 aliphatic rings. The van der Waals surface area contributed by atoms with Crippen LogP contribution in [0.5, 0.6) is 5.75 Å². The number of nitrogens with one attached hydrogen (secondary N) is 2. The maximum Gasteiger partial charge on any atom is 0.220 e. The predicted molar refractivity (Wildman–Crippen MR) is 101 cm³/mol. The number of ether oxygens (including phenoxy) is 1. The van der Waals surface area contributed by atoms with E-state index in [0.29, 0.717) is 18.9 Å². The Balaban J connectivity index is 1.86. The van der Waals surface area contributed by atoms with E-state index in [-0.39, 0.29) is 5.91 Å². The summed E-state index contributed by atoms with van der Waals surface area (Å²) >= 11 is 0. The van der Waals surface area contributed by atoms with Crippen LogP contribution in [0.25, 0.3) is 0 Å². The molecule has 0 aliphatic carbocycles. The zero-order valence-electron chi connectivity index (χ0n) is 15.8. The van der Waals surface area contributed by atoms with E-state index in [4.69, 9.17) is 4.74 Å². The third kappa shape index (κ3) is 5.37. The van der Waals surface area contributed by atoms with E-state index in [1.165, 1.54) is 0 Å². The van der Waals surface area contributed by atoms with Gasteiger partial charge in [0.15, 0.2) is 5.96 Å². The molecule has 0 unspecified atom stereocenters. The van der Waals surface area contributed by atoms with Gasteiger partial charge in [-0.05, 0) is 42.9 Å². The molecule has 0 atom stereocenters. The molecule has 138 valence electrons. The molecule has 0 bridgehead atoms. The SMILES string of the molecule is CN=C(NCc1ccc(C)c(OC)c1)N1CCC(CC(=O)NC)CC1. The predicted octanol–water partition coefficient (Wildman–Crippen LogP) is 1.93. The van der Waals surface area contributed by atoms with Gasteiger partial charge in [0.05, 0.1) is 7.11 Å². The van der Waals surface area contributed by atoms with Gasteiger partial charge in [0.1, 0.15) is 5.75 Å². The van der Waals surface area contributed by atoms with Gasteiger partial charge < -0.3 is 20.3 Å². The first kappa shape index (κ1) is 19.1. The first-order valence-electron chi connectivity index (χ1n) is 8.87. The molecule has 0 spiro atoms. The zero-order chi connectivity index (χ0) is 18.2. The summed E-state index contributed by atoms with van der Waals surface area (Å²) in [5.41, 5.74) is 2.30. The highest BCUT2D eigenvalue weighted by Gasteiger charge is 2.23. The lowest BCUT2D eigenvalue weighted by Gasteiger charge is -2.34. The molecule has 1 fully saturated rings. The van der Waals surface area contributed by atoms with Gasteiger partial charge in [0.25, 0.3) is 0 Å². The average molecular weight is 346 g/mol. The highest BCUT2D eigenvalue weighted by atomic mass is 16.5. The quantitative estimate of drug-likeness (QED) is 0.632. The maximum absolute atomic E-state index is 11.5. The standard InChI is InChI=1S/C19H30N4O2/c1-14-5-6-16(11-17(14)25-4)13-22-19(21-3)23-9-7-15(8-10-23)12-18(24)20-2/h5-6,11,15H,7-10,12-13H2,1-4H3,(H,20,24)(H,21,22). The van der Waals surface area contributed by atoms with Gasteiger partial charge in [-0.2, -0.15) is 0 Å². The number of amides is 1. The summed E-state index contributed by atoms with van der Waals surface area (Å²) in [5, 5.41) is 6.14. The van der Waals surface area contributed by atoms with E-state index in [1.807, 2.05) is 14.0 Å². The lowest BCUT2D eigenvalue weighted by molar-refractivity contribution is -0.121. The highest BCUT2D eigenvalue weighted by Crippen LogP contribution is 2.21. The summed E-state index contributed by atoms with van der Waals surface area (Å²) in [4.78, 5) is 18.2. The molecule has 1 saturated heterocycles. The zero-order valence-corrected chi connectivity index (χ0v) is 15.8. The van der Waals surface area contributed by atoms with Crippen molar-refractivity contribution in [3.63, 3.8) is 0 Å². The van der Waals surface area contributed by atoms with Crippen molar-refractivity contribution in [2.24, 2.45) is 10.9 Å². The Morgan fingerprint density at radius 1 is 1.36 bits per heavy atom. The molecular formula is C19H30N4O2. The molecule has 0 aromatic heterocycles. The number of carbonyl (C=O) groups excluding carboxylic acids is 1. The number of likely N-dealkylation sites (tertiary alicyclic amines) is 1. The van der Waals surface area contributed by atoms with Crippen LogP contribution in [0.4, 0.5) is 0 Å². The van der Waals surface area contributed by atoms with Crippen molar-refractivity contribution in [3.8, 4) is 5.75 Å². The molecule has 1 aromatic rings. The van der Waals surface area contributed by atoms with Gasteiger partial charge >= 0.3 is 0 Å². The summed E-state index contributed by atoms with van der Waals surface area (Å²) in [6.45, 7) is 4.61. The molecule has 6 heteroatoms. The van der Waals surface area contributed by atoms with Crippen LogP contribution in [0.1, 0.15) is 30.4 Å². The molecule has 0 radical (unpaired) electrons. The van der Waals surface area contributed by atoms with Crippen LogP contribution in [-0.2, 0) is 11.3 Å². The van der Waals surface area contributed by atoms with E-state index < -0.39 is 0 Å². The number of piperidine rings is 1. The molecule has 1 aliphatic heterocycles. The van der Waals surface area contributed by atoms with Gasteiger partial charge in [-0.1, -0.05) is 12.1 Å². The Morgan fingerprint density at radius 2 is 2.08 bits per heavy atom. The van der Waals surface area contributed by atoms with Gasteiger partial charge in [0, 0.05) is 40.2 Å². The number of guanidine groups is 1. The first-order chi connectivity index (χ1) is 12.1. The third-order valence-corrected chi connectivity index (χ3v) is 4.80. The van der Waals surface area contributed by atoms with E-state index in [2.05, 4.69) is 38.7 Å². The molecule has 1 heterocycles. The van der Waals surface area contributed by atoms with E-state index >= 15 is 0 Å². The number of hydrogen-bond acceptors (Lipinski definition) is 3. The summed E-state index contributed by atoms with van der Waals surface area (Å²) in [7, 11) is 5.21. The van der Waals surface area contributed by atoms with Crippen LogP contribution < -0.4 is 15.4 Å². The van der Waals surface area contributed by atoms with Crippen molar-refractivity contribution < 1.29 is 9.53 Å². The Labute approximate surface area is 150 Å². The van der Waals surface area contributed by atoms with Crippen molar-refractivity contribution in [1.82, 2.24) is 15.5 Å². The van der Waals surface area contributed by atoms with Crippen LogP contribution in [0, 0.1) is 12.8 Å². The van der Waals surface area contributed by atoms with Crippen LogP contribution >= 0.6 is 0 Å². The number of methoxy groups -OCH3 is 1. The molecule has 25 heavy (non-hydrogen) atoms. The number of aryl methyl sites for hydroxylation is 1. The topological polar surface area (TPSA) is 66.0 Å². The summed E-state index contributed by atoms with van der Waals surface area (Å²) in [5.74, 6) is 2.42. The fourth-order valence-corrected chi connectivity index (χ4v) is 3.20. The van der Waals surface area contributed by atoms with Crippen LogP contribution in [0.3, 0.4) is 0 Å². The maximum atomic E-state index is 11.5. The van der Waals surface area contributed by atoms with Crippen molar-refractivity contribution in [1.29, 1.82) is 0 Å². The Morgan fingerprint density at radius 3 is 2.68 bits per heavy atom. The smallest absolute Gasteiger partial charge is 0.220 e. The van der Waals surface area contributed by atoms with Gasteiger partial charge in [-0.25, -0.2) is 0 Å². The number of benzene rings is 1. The van der Waals surface area contributed by atoms with Crippen LogP contribution in [0.2, 0.25) is 0 Å². The van der Waals surface area contributed by atoms with Gasteiger partial charge in [0.2, 0.25) is 5.91 Å². The molecule has 0 saturated carbocycles. The lowest BCUT2D eigenvalue weighted by Crippen LogP contribution is -2.45. The number of nitrogens with zero attached hydrogens (tertiary/aromatic N) is 2. The minimum atomic E-state index is 0.134. The number of rotatable bonds is 5. The van der Waals surface area contributed by atoms with Crippen molar-refractivity contribution in [2.45, 2.75) is 32.7 Å². The Bertz CT molecular complexity index is 607. The Hall–Kier alpha value is -2.24.